The lowest BCUT2D eigenvalue weighted by molar-refractivity contribution is -0.123. The number of primary amides is 1. The molecule has 2 aliphatic rings. The SMILES string of the molecule is CC(C)OC1CCC(OCCC(N)=O)CC1.CCC(=O)C1CCCCC1. The van der Waals surface area contributed by atoms with Crippen molar-refractivity contribution < 1.29 is 19.1 Å². The second kappa shape index (κ2) is 13.3. The number of rotatable bonds is 8. The summed E-state index contributed by atoms with van der Waals surface area (Å²) in [5.74, 6) is 0.621. The molecule has 0 aromatic rings. The monoisotopic (exact) mass is 369 g/mol. The fraction of sp³-hybridized carbons (Fsp3) is 0.905. The van der Waals surface area contributed by atoms with Crippen LogP contribution in [0.4, 0.5) is 0 Å². The topological polar surface area (TPSA) is 78.6 Å². The molecule has 2 rings (SSSR count). The Bertz CT molecular complexity index is 397. The molecule has 0 radical (unpaired) electrons. The number of ketones is 1. The maximum atomic E-state index is 11.2. The normalized spacial score (nSPS) is 24.0. The molecule has 0 aromatic carbocycles. The first-order valence-corrected chi connectivity index (χ1v) is 10.5. The van der Waals surface area contributed by atoms with Crippen LogP contribution in [0.25, 0.3) is 0 Å². The van der Waals surface area contributed by atoms with Gasteiger partial charge in [0.05, 0.1) is 24.9 Å². The molecule has 2 saturated carbocycles. The van der Waals surface area contributed by atoms with Crippen LogP contribution >= 0.6 is 0 Å². The first-order valence-electron chi connectivity index (χ1n) is 10.5. The van der Waals surface area contributed by atoms with E-state index in [1.807, 2.05) is 6.92 Å². The minimum Gasteiger partial charge on any atom is -0.378 e. The summed E-state index contributed by atoms with van der Waals surface area (Å²) in [6.07, 6.45) is 12.4. The molecule has 2 aliphatic carbocycles. The van der Waals surface area contributed by atoms with Crippen molar-refractivity contribution in [3.05, 3.63) is 0 Å². The predicted molar refractivity (Wildman–Crippen MR) is 104 cm³/mol. The molecule has 5 nitrogen and oxygen atoms in total. The quantitative estimate of drug-likeness (QED) is 0.697. The molecule has 5 heteroatoms. The van der Waals surface area contributed by atoms with Gasteiger partial charge < -0.3 is 15.2 Å². The van der Waals surface area contributed by atoms with Crippen LogP contribution in [0.15, 0.2) is 0 Å². The van der Waals surface area contributed by atoms with E-state index in [-0.39, 0.29) is 12.0 Å². The van der Waals surface area contributed by atoms with E-state index in [1.165, 1.54) is 19.3 Å². The third-order valence-corrected chi connectivity index (χ3v) is 5.20. The lowest BCUT2D eigenvalue weighted by Gasteiger charge is -2.29. The smallest absolute Gasteiger partial charge is 0.219 e. The first kappa shape index (κ1) is 23.1. The molecule has 0 bridgehead atoms. The van der Waals surface area contributed by atoms with Crippen molar-refractivity contribution >= 4 is 11.7 Å². The van der Waals surface area contributed by atoms with Gasteiger partial charge in [0.1, 0.15) is 5.78 Å². The molecule has 26 heavy (non-hydrogen) atoms. The van der Waals surface area contributed by atoms with E-state index < -0.39 is 0 Å². The fourth-order valence-electron chi connectivity index (χ4n) is 3.76. The second-order valence-corrected chi connectivity index (χ2v) is 7.83. The van der Waals surface area contributed by atoms with Gasteiger partial charge in [0.15, 0.2) is 0 Å². The van der Waals surface area contributed by atoms with Crippen LogP contribution in [-0.2, 0) is 19.1 Å². The van der Waals surface area contributed by atoms with Crippen molar-refractivity contribution in [1.82, 2.24) is 0 Å². The molecule has 0 atom stereocenters. The molecule has 0 unspecified atom stereocenters. The highest BCUT2D eigenvalue weighted by molar-refractivity contribution is 5.80. The van der Waals surface area contributed by atoms with Gasteiger partial charge in [-0.25, -0.2) is 0 Å². The molecule has 0 heterocycles. The molecule has 0 saturated heterocycles. The Balaban J connectivity index is 0.000000289. The van der Waals surface area contributed by atoms with Crippen LogP contribution in [0.1, 0.15) is 91.4 Å². The highest BCUT2D eigenvalue weighted by Crippen LogP contribution is 2.25. The molecule has 2 fully saturated rings. The number of ether oxygens (including phenoxy) is 2. The highest BCUT2D eigenvalue weighted by atomic mass is 16.5. The summed E-state index contributed by atoms with van der Waals surface area (Å²) in [7, 11) is 0. The first-order chi connectivity index (χ1) is 12.4. The number of hydrogen-bond donors (Lipinski definition) is 1. The Morgan fingerprint density at radius 3 is 2.04 bits per heavy atom. The Morgan fingerprint density at radius 1 is 0.962 bits per heavy atom. The van der Waals surface area contributed by atoms with E-state index in [1.54, 1.807) is 0 Å². The van der Waals surface area contributed by atoms with Crippen molar-refractivity contribution in [2.75, 3.05) is 6.61 Å². The zero-order valence-corrected chi connectivity index (χ0v) is 17.0. The van der Waals surface area contributed by atoms with Crippen molar-refractivity contribution in [2.24, 2.45) is 11.7 Å². The summed E-state index contributed by atoms with van der Waals surface area (Å²) >= 11 is 0. The van der Waals surface area contributed by atoms with Gasteiger partial charge in [-0.2, -0.15) is 0 Å². The minimum atomic E-state index is -0.295. The molecular weight excluding hydrogens is 330 g/mol. The van der Waals surface area contributed by atoms with Gasteiger partial charge in [-0.1, -0.05) is 26.2 Å². The number of amides is 1. The van der Waals surface area contributed by atoms with Gasteiger partial charge in [0.2, 0.25) is 5.91 Å². The number of carbonyl (C=O) groups excluding carboxylic acids is 2. The van der Waals surface area contributed by atoms with Crippen LogP contribution in [0.3, 0.4) is 0 Å². The van der Waals surface area contributed by atoms with Crippen LogP contribution in [0.5, 0.6) is 0 Å². The third-order valence-electron chi connectivity index (χ3n) is 5.20. The van der Waals surface area contributed by atoms with Crippen molar-refractivity contribution in [3.8, 4) is 0 Å². The van der Waals surface area contributed by atoms with Crippen molar-refractivity contribution in [1.29, 1.82) is 0 Å². The Morgan fingerprint density at radius 2 is 1.54 bits per heavy atom. The van der Waals surface area contributed by atoms with E-state index >= 15 is 0 Å². The number of carbonyl (C=O) groups is 2. The summed E-state index contributed by atoms with van der Waals surface area (Å²) in [4.78, 5) is 21.7. The average Bonchev–Trinajstić information content (AvgIpc) is 2.63. The molecule has 1 amide bonds. The van der Waals surface area contributed by atoms with Crippen molar-refractivity contribution in [3.63, 3.8) is 0 Å². The molecule has 0 spiro atoms. The lowest BCUT2D eigenvalue weighted by Crippen LogP contribution is -2.29. The molecule has 0 aromatic heterocycles. The zero-order valence-electron chi connectivity index (χ0n) is 17.0. The summed E-state index contributed by atoms with van der Waals surface area (Å²) in [5.41, 5.74) is 5.05. The van der Waals surface area contributed by atoms with E-state index in [4.69, 9.17) is 15.2 Å². The van der Waals surface area contributed by atoms with Gasteiger partial charge in [0.25, 0.3) is 0 Å². The maximum absolute atomic E-state index is 11.2. The molecule has 152 valence electrons. The molecular formula is C21H39NO4. The predicted octanol–water partition coefficient (Wildman–Crippen LogP) is 4.16. The minimum absolute atomic E-state index is 0.284. The van der Waals surface area contributed by atoms with E-state index in [0.29, 0.717) is 36.9 Å². The van der Waals surface area contributed by atoms with Crippen molar-refractivity contribution in [2.45, 2.75) is 110 Å². The molecule has 0 aliphatic heterocycles. The standard InChI is InChI=1S/C12H23NO3.C9H16O/c1-9(2)16-11-5-3-10(4-6-11)15-8-7-12(13)14;1-2-9(10)8-6-4-3-5-7-8/h9-11H,3-8H2,1-2H3,(H2,13,14);8H,2-7H2,1H3. The second-order valence-electron chi connectivity index (χ2n) is 7.83. The van der Waals surface area contributed by atoms with Crippen LogP contribution in [-0.4, -0.2) is 36.6 Å². The Kier molecular flexibility index (Phi) is 11.8. The number of nitrogens with two attached hydrogens (primary N) is 1. The zero-order chi connectivity index (χ0) is 19.4. The summed E-state index contributed by atoms with van der Waals surface area (Å²) in [6, 6.07) is 0. The van der Waals surface area contributed by atoms with Gasteiger partial charge in [-0.15, -0.1) is 0 Å². The van der Waals surface area contributed by atoms with Crippen LogP contribution in [0, 0.1) is 5.92 Å². The van der Waals surface area contributed by atoms with Gasteiger partial charge in [-0.05, 0) is 52.4 Å². The van der Waals surface area contributed by atoms with Gasteiger partial charge >= 0.3 is 0 Å². The largest absolute Gasteiger partial charge is 0.378 e. The maximum Gasteiger partial charge on any atom is 0.219 e. The Labute approximate surface area is 159 Å². The van der Waals surface area contributed by atoms with Gasteiger partial charge in [-0.3, -0.25) is 9.59 Å². The summed E-state index contributed by atoms with van der Waals surface area (Å²) in [5, 5.41) is 0. The van der Waals surface area contributed by atoms with Crippen LogP contribution in [0.2, 0.25) is 0 Å². The Hall–Kier alpha value is -0.940. The fourth-order valence-corrected chi connectivity index (χ4v) is 3.76. The van der Waals surface area contributed by atoms with E-state index in [2.05, 4.69) is 13.8 Å². The highest BCUT2D eigenvalue weighted by Gasteiger charge is 2.22. The lowest BCUT2D eigenvalue weighted by atomic mass is 9.85. The summed E-state index contributed by atoms with van der Waals surface area (Å²) < 4.78 is 11.3. The number of hydrogen-bond acceptors (Lipinski definition) is 4. The number of Topliss-reactive ketones (excluding diaryl/α,β-unsaturated/α-hetero) is 1. The van der Waals surface area contributed by atoms with E-state index in [9.17, 15) is 9.59 Å². The van der Waals surface area contributed by atoms with Gasteiger partial charge in [0, 0.05) is 18.8 Å². The third kappa shape index (κ3) is 10.3. The van der Waals surface area contributed by atoms with E-state index in [0.717, 1.165) is 44.9 Å². The average molecular weight is 370 g/mol. The molecule has 2 N–H and O–H groups in total. The van der Waals surface area contributed by atoms with Crippen LogP contribution < -0.4 is 5.73 Å². The summed E-state index contributed by atoms with van der Waals surface area (Å²) in [6.45, 7) is 6.55.